The molecule has 3 aromatic rings. The van der Waals surface area contributed by atoms with Gasteiger partial charge in [0.15, 0.2) is 0 Å². The number of aromatic nitrogens is 2. The second kappa shape index (κ2) is 8.81. The third kappa shape index (κ3) is 4.06. The maximum atomic E-state index is 14.2. The number of nitrogens with zero attached hydrogens (tertiary/aromatic N) is 2. The number of alkyl halides is 3. The molecule has 0 aliphatic heterocycles. The van der Waals surface area contributed by atoms with Gasteiger partial charge in [-0.25, -0.2) is 4.79 Å². The van der Waals surface area contributed by atoms with Crippen molar-refractivity contribution >= 4 is 16.9 Å². The van der Waals surface area contributed by atoms with E-state index in [0.717, 1.165) is 35.2 Å². The molecule has 1 aliphatic rings. The van der Waals surface area contributed by atoms with E-state index in [4.69, 9.17) is 9.47 Å². The van der Waals surface area contributed by atoms with Crippen LogP contribution in [0.2, 0.25) is 0 Å². The highest BCUT2D eigenvalue weighted by molar-refractivity contribution is 5.88. The van der Waals surface area contributed by atoms with Crippen LogP contribution in [-0.4, -0.2) is 33.9 Å². The Morgan fingerprint density at radius 2 is 1.97 bits per heavy atom. The third-order valence-corrected chi connectivity index (χ3v) is 6.63. The first-order chi connectivity index (χ1) is 16.1. The van der Waals surface area contributed by atoms with Crippen molar-refractivity contribution in [1.82, 2.24) is 9.55 Å². The molecule has 1 fully saturated rings. The summed E-state index contributed by atoms with van der Waals surface area (Å²) in [6, 6.07) is 11.3. The molecule has 8 heteroatoms. The van der Waals surface area contributed by atoms with Gasteiger partial charge in [-0.3, -0.25) is 4.98 Å². The zero-order chi connectivity index (χ0) is 24.7. The zero-order valence-electron chi connectivity index (χ0n) is 19.3. The molecule has 1 aromatic carbocycles. The minimum absolute atomic E-state index is 0.0516. The predicted octanol–water partition coefficient (Wildman–Crippen LogP) is 6.49. The normalized spacial score (nSPS) is 22.8. The number of carbonyl (C=O) groups is 1. The smallest absolute Gasteiger partial charge is 0.401 e. The highest BCUT2D eigenvalue weighted by atomic mass is 19.4. The van der Waals surface area contributed by atoms with Gasteiger partial charge in [-0.2, -0.15) is 13.2 Å². The molecule has 2 aromatic heterocycles. The van der Waals surface area contributed by atoms with Crippen molar-refractivity contribution in [2.75, 3.05) is 0 Å². The first-order valence-corrected chi connectivity index (χ1v) is 11.2. The largest absolute Gasteiger partial charge is 0.489 e. The van der Waals surface area contributed by atoms with Crippen LogP contribution in [0.15, 0.2) is 61.4 Å². The number of esters is 1. The molecule has 3 atom stereocenters. The second-order valence-electron chi connectivity index (χ2n) is 9.05. The van der Waals surface area contributed by atoms with Crippen LogP contribution >= 0.6 is 0 Å². The van der Waals surface area contributed by atoms with Crippen molar-refractivity contribution in [2.24, 2.45) is 5.41 Å². The Labute approximate surface area is 196 Å². The van der Waals surface area contributed by atoms with Crippen LogP contribution in [0, 0.1) is 5.41 Å². The number of hydrogen-bond acceptors (Lipinski definition) is 4. The van der Waals surface area contributed by atoms with E-state index in [1.54, 1.807) is 24.5 Å². The Hall–Kier alpha value is -3.29. The fourth-order valence-electron chi connectivity index (χ4n) is 4.76. The van der Waals surface area contributed by atoms with Crippen LogP contribution in [0.3, 0.4) is 0 Å². The molecule has 3 unspecified atom stereocenters. The van der Waals surface area contributed by atoms with E-state index in [1.807, 2.05) is 38.1 Å². The van der Waals surface area contributed by atoms with Gasteiger partial charge in [0.2, 0.25) is 0 Å². The standard InChI is InChI=1S/C26H27F3N2O3/c1-5-24(32)34-23-11-10-22(25(23,4)26(27,28)29)33-19-9-8-17-13-20(18-7-6-12-30-15-18)31(16(2)3)21(17)14-19/h5-9,12-16,22-23H,1,10-11H2,2-4H3. The third-order valence-electron chi connectivity index (χ3n) is 6.63. The second-order valence-corrected chi connectivity index (χ2v) is 9.05. The van der Waals surface area contributed by atoms with Crippen LogP contribution in [0.25, 0.3) is 22.2 Å². The van der Waals surface area contributed by atoms with E-state index >= 15 is 0 Å². The van der Waals surface area contributed by atoms with E-state index < -0.39 is 29.8 Å². The van der Waals surface area contributed by atoms with Crippen LogP contribution < -0.4 is 4.74 Å². The number of hydrogen-bond donors (Lipinski definition) is 0. The number of benzene rings is 1. The minimum atomic E-state index is -4.63. The summed E-state index contributed by atoms with van der Waals surface area (Å²) in [5.74, 6) is -0.540. The van der Waals surface area contributed by atoms with E-state index in [9.17, 15) is 18.0 Å². The Balaban J connectivity index is 1.71. The fourth-order valence-corrected chi connectivity index (χ4v) is 4.76. The predicted molar refractivity (Wildman–Crippen MR) is 123 cm³/mol. The molecule has 4 rings (SSSR count). The number of fused-ring (bicyclic) bond motifs is 1. The molecular formula is C26H27F3N2O3. The SMILES string of the molecule is C=CC(=O)OC1CCC(Oc2ccc3cc(-c4cccnc4)n(C(C)C)c3c2)C1(C)C(F)(F)F. The summed E-state index contributed by atoms with van der Waals surface area (Å²) < 4.78 is 55.8. The molecular weight excluding hydrogens is 445 g/mol. The van der Waals surface area contributed by atoms with Gasteiger partial charge in [0.05, 0.1) is 11.2 Å². The van der Waals surface area contributed by atoms with E-state index in [0.29, 0.717) is 5.75 Å². The summed E-state index contributed by atoms with van der Waals surface area (Å²) in [5.41, 5.74) is 0.421. The van der Waals surface area contributed by atoms with Crippen molar-refractivity contribution in [3.63, 3.8) is 0 Å². The summed E-state index contributed by atoms with van der Waals surface area (Å²) >= 11 is 0. The number of pyridine rings is 1. The molecule has 5 nitrogen and oxygen atoms in total. The molecule has 34 heavy (non-hydrogen) atoms. The quantitative estimate of drug-likeness (QED) is 0.304. The summed E-state index contributed by atoms with van der Waals surface area (Å²) in [6.45, 7) is 8.43. The van der Waals surface area contributed by atoms with Crippen LogP contribution in [0.5, 0.6) is 5.75 Å². The molecule has 180 valence electrons. The van der Waals surface area contributed by atoms with Gasteiger partial charge >= 0.3 is 12.1 Å². The molecule has 1 aliphatic carbocycles. The van der Waals surface area contributed by atoms with Gasteiger partial charge in [-0.05, 0) is 63.9 Å². The first kappa shape index (κ1) is 23.9. The maximum absolute atomic E-state index is 14.2. The van der Waals surface area contributed by atoms with Crippen molar-refractivity contribution in [3.8, 4) is 17.0 Å². The highest BCUT2D eigenvalue weighted by Crippen LogP contribution is 2.53. The molecule has 2 heterocycles. The monoisotopic (exact) mass is 472 g/mol. The van der Waals surface area contributed by atoms with Crippen molar-refractivity contribution in [3.05, 3.63) is 61.4 Å². The molecule has 1 saturated carbocycles. The van der Waals surface area contributed by atoms with Gasteiger partial charge in [0.25, 0.3) is 0 Å². The van der Waals surface area contributed by atoms with Crippen LogP contribution in [0.1, 0.15) is 39.7 Å². The van der Waals surface area contributed by atoms with Crippen molar-refractivity contribution < 1.29 is 27.4 Å². The van der Waals surface area contributed by atoms with Gasteiger partial charge in [0.1, 0.15) is 23.4 Å². The number of halogens is 3. The maximum Gasteiger partial charge on any atom is 0.401 e. The van der Waals surface area contributed by atoms with Gasteiger partial charge in [-0.15, -0.1) is 0 Å². The fraction of sp³-hybridized carbons (Fsp3) is 0.385. The van der Waals surface area contributed by atoms with Crippen molar-refractivity contribution in [2.45, 2.75) is 58.0 Å². The van der Waals surface area contributed by atoms with Crippen molar-refractivity contribution in [1.29, 1.82) is 0 Å². The highest BCUT2D eigenvalue weighted by Gasteiger charge is 2.66. The molecule has 0 bridgehead atoms. The number of carbonyl (C=O) groups excluding carboxylic acids is 1. The number of rotatable bonds is 6. The van der Waals surface area contributed by atoms with Gasteiger partial charge in [0, 0.05) is 41.5 Å². The van der Waals surface area contributed by atoms with Crippen LogP contribution in [0.4, 0.5) is 13.2 Å². The summed E-state index contributed by atoms with van der Waals surface area (Å²) in [7, 11) is 0. The van der Waals surface area contributed by atoms with Crippen LogP contribution in [-0.2, 0) is 9.53 Å². The summed E-state index contributed by atoms with van der Waals surface area (Å²) in [6.07, 6.45) is -2.66. The van der Waals surface area contributed by atoms with Gasteiger partial charge in [-0.1, -0.05) is 6.58 Å². The average molecular weight is 473 g/mol. The lowest BCUT2D eigenvalue weighted by Gasteiger charge is -2.37. The number of ether oxygens (including phenoxy) is 2. The molecule has 0 spiro atoms. The lowest BCUT2D eigenvalue weighted by atomic mass is 9.83. The average Bonchev–Trinajstić information content (AvgIpc) is 3.33. The van der Waals surface area contributed by atoms with E-state index in [1.165, 1.54) is 0 Å². The van der Waals surface area contributed by atoms with E-state index in [2.05, 4.69) is 16.1 Å². The Bertz CT molecular complexity index is 1200. The Morgan fingerprint density at radius 1 is 1.24 bits per heavy atom. The zero-order valence-corrected chi connectivity index (χ0v) is 19.3. The molecule has 0 radical (unpaired) electrons. The lowest BCUT2D eigenvalue weighted by molar-refractivity contribution is -0.262. The lowest BCUT2D eigenvalue weighted by Crippen LogP contribution is -2.51. The summed E-state index contributed by atoms with van der Waals surface area (Å²) in [5, 5.41) is 0.947. The topological polar surface area (TPSA) is 53.4 Å². The Morgan fingerprint density at radius 3 is 2.59 bits per heavy atom. The minimum Gasteiger partial charge on any atom is -0.489 e. The first-order valence-electron chi connectivity index (χ1n) is 11.2. The molecule has 0 N–H and O–H groups in total. The molecule has 0 saturated heterocycles. The van der Waals surface area contributed by atoms with Gasteiger partial charge < -0.3 is 14.0 Å². The molecule has 0 amide bonds. The van der Waals surface area contributed by atoms with E-state index in [-0.39, 0.29) is 18.9 Å². The summed E-state index contributed by atoms with van der Waals surface area (Å²) in [4.78, 5) is 15.9. The Kier molecular flexibility index (Phi) is 6.18.